The topological polar surface area (TPSA) is 89.3 Å². The van der Waals surface area contributed by atoms with Crippen molar-refractivity contribution in [1.82, 2.24) is 15.5 Å². The van der Waals surface area contributed by atoms with Gasteiger partial charge in [-0.3, -0.25) is 4.79 Å². The summed E-state index contributed by atoms with van der Waals surface area (Å²) in [6.45, 7) is 2.02. The van der Waals surface area contributed by atoms with Gasteiger partial charge in [-0.05, 0) is 62.6 Å². The summed E-state index contributed by atoms with van der Waals surface area (Å²) in [6, 6.07) is 15.3. The molecule has 2 bridgehead atoms. The van der Waals surface area contributed by atoms with E-state index in [2.05, 4.69) is 20.8 Å². The van der Waals surface area contributed by atoms with Gasteiger partial charge in [0.05, 0.1) is 0 Å². The lowest BCUT2D eigenvalue weighted by Gasteiger charge is -2.70. The monoisotopic (exact) mass is 424 g/mol. The van der Waals surface area contributed by atoms with E-state index >= 15 is 0 Å². The maximum Gasteiger partial charge on any atom is 0.322 e. The van der Waals surface area contributed by atoms with Crippen LogP contribution in [-0.2, 0) is 4.79 Å². The number of amides is 1. The van der Waals surface area contributed by atoms with Gasteiger partial charge in [0.15, 0.2) is 6.61 Å². The maximum atomic E-state index is 12.3. The molecule has 3 aromatic rings. The van der Waals surface area contributed by atoms with E-state index in [1.807, 2.05) is 43.3 Å². The van der Waals surface area contributed by atoms with Crippen molar-refractivity contribution < 1.29 is 14.1 Å². The summed E-state index contributed by atoms with van der Waals surface area (Å²) < 4.78 is 10.9. The molecule has 3 aliphatic carbocycles. The lowest BCUT2D eigenvalue weighted by Crippen LogP contribution is -2.81. The molecule has 2 aromatic carbocycles. The zero-order valence-corrected chi connectivity index (χ0v) is 17.2. The van der Waals surface area contributed by atoms with Crippen LogP contribution in [0.3, 0.4) is 0 Å². The van der Waals surface area contributed by atoms with Crippen molar-refractivity contribution in [2.45, 2.75) is 37.3 Å². The molecule has 3 fully saturated rings. The normalized spacial score (nSPS) is 23.8. The fourth-order valence-corrected chi connectivity index (χ4v) is 4.51. The summed E-state index contributed by atoms with van der Waals surface area (Å²) in [5, 5.41) is 11.1. The number of carbonyl (C=O) groups excluding carboxylic acids is 1. The fourth-order valence-electron chi connectivity index (χ4n) is 4.39. The van der Waals surface area contributed by atoms with Crippen LogP contribution in [0.1, 0.15) is 24.8 Å². The van der Waals surface area contributed by atoms with E-state index in [-0.39, 0.29) is 23.6 Å². The van der Waals surface area contributed by atoms with Crippen molar-refractivity contribution in [2.24, 2.45) is 0 Å². The van der Waals surface area contributed by atoms with Crippen LogP contribution in [0.15, 0.2) is 53.1 Å². The standard InChI is InChI=1S/C22H21ClN4O3/c1-14-2-8-17(9-3-14)29-10-18(28)25-21-11-22(12-21,13-21)26-20-24-19(27-30-20)15-4-6-16(23)7-5-15/h2-9H,10-13H2,1H3,(H,25,28)(H,24,26,27). The highest BCUT2D eigenvalue weighted by Gasteiger charge is 2.69. The molecule has 0 spiro atoms. The number of ether oxygens (including phenoxy) is 1. The second kappa shape index (κ2) is 7.02. The SMILES string of the molecule is Cc1ccc(OCC(=O)NC23CC(Nc4nc(-c5ccc(Cl)cc5)no4)(C2)C3)cc1. The number of aryl methyl sites for hydroxylation is 1. The first kappa shape index (κ1) is 18.9. The lowest BCUT2D eigenvalue weighted by molar-refractivity contribution is -0.135. The number of aromatic nitrogens is 2. The number of anilines is 1. The molecule has 0 atom stereocenters. The van der Waals surface area contributed by atoms with Crippen LogP contribution in [-0.4, -0.2) is 33.7 Å². The van der Waals surface area contributed by atoms with Crippen molar-refractivity contribution in [1.29, 1.82) is 0 Å². The van der Waals surface area contributed by atoms with Gasteiger partial charge in [0.25, 0.3) is 5.91 Å². The first-order valence-corrected chi connectivity index (χ1v) is 10.2. The number of nitrogens with one attached hydrogen (secondary N) is 2. The van der Waals surface area contributed by atoms with E-state index in [9.17, 15) is 4.79 Å². The van der Waals surface area contributed by atoms with E-state index in [1.165, 1.54) is 0 Å². The van der Waals surface area contributed by atoms with Crippen molar-refractivity contribution in [2.75, 3.05) is 11.9 Å². The Morgan fingerprint density at radius 1 is 1.10 bits per heavy atom. The second-order valence-electron chi connectivity index (χ2n) is 8.30. The third-order valence-electron chi connectivity index (χ3n) is 5.73. The summed E-state index contributed by atoms with van der Waals surface area (Å²) >= 11 is 5.91. The number of carbonyl (C=O) groups is 1. The first-order chi connectivity index (χ1) is 14.4. The minimum atomic E-state index is -0.153. The minimum Gasteiger partial charge on any atom is -0.484 e. The first-order valence-electron chi connectivity index (χ1n) is 9.81. The summed E-state index contributed by atoms with van der Waals surface area (Å²) in [7, 11) is 0. The second-order valence-corrected chi connectivity index (χ2v) is 8.73. The minimum absolute atomic E-state index is 0.0132. The Hall–Kier alpha value is -3.06. The fraction of sp³-hybridized carbons (Fsp3) is 0.318. The van der Waals surface area contributed by atoms with Crippen LogP contribution < -0.4 is 15.4 Å². The van der Waals surface area contributed by atoms with Crippen molar-refractivity contribution >= 4 is 23.5 Å². The Labute approximate surface area is 178 Å². The highest BCUT2D eigenvalue weighted by Crippen LogP contribution is 2.61. The number of hydrogen-bond donors (Lipinski definition) is 2. The largest absolute Gasteiger partial charge is 0.484 e. The van der Waals surface area contributed by atoms with Gasteiger partial charge >= 0.3 is 6.01 Å². The summed E-state index contributed by atoms with van der Waals surface area (Å²) in [6.07, 6.45) is 2.48. The molecule has 0 saturated heterocycles. The molecule has 1 heterocycles. The van der Waals surface area contributed by atoms with E-state index in [1.54, 1.807) is 12.1 Å². The van der Waals surface area contributed by atoms with Crippen LogP contribution >= 0.6 is 11.6 Å². The van der Waals surface area contributed by atoms with Gasteiger partial charge in [-0.15, -0.1) is 0 Å². The van der Waals surface area contributed by atoms with Gasteiger partial charge < -0.3 is 19.9 Å². The van der Waals surface area contributed by atoms with Crippen LogP contribution in [0.5, 0.6) is 5.75 Å². The molecule has 6 rings (SSSR count). The molecule has 3 aliphatic rings. The molecule has 0 unspecified atom stereocenters. The average Bonchev–Trinajstić information content (AvgIpc) is 3.14. The smallest absolute Gasteiger partial charge is 0.322 e. The molecule has 7 nitrogen and oxygen atoms in total. The van der Waals surface area contributed by atoms with Crippen LogP contribution in [0.4, 0.5) is 6.01 Å². The summed E-state index contributed by atoms with van der Waals surface area (Å²) in [5.74, 6) is 1.10. The molecule has 1 amide bonds. The Morgan fingerprint density at radius 2 is 1.80 bits per heavy atom. The zero-order chi connectivity index (χ0) is 20.8. The molecule has 0 radical (unpaired) electrons. The predicted molar refractivity (Wildman–Crippen MR) is 112 cm³/mol. The van der Waals surface area contributed by atoms with Crippen LogP contribution in [0.2, 0.25) is 5.02 Å². The Bertz CT molecular complexity index is 1060. The molecule has 2 N–H and O–H groups in total. The quantitative estimate of drug-likeness (QED) is 0.596. The van der Waals surface area contributed by atoms with E-state index in [4.69, 9.17) is 20.9 Å². The average molecular weight is 425 g/mol. The molecule has 154 valence electrons. The number of rotatable bonds is 7. The molecule has 3 saturated carbocycles. The molecule has 1 aromatic heterocycles. The number of benzene rings is 2. The van der Waals surface area contributed by atoms with Gasteiger partial charge in [0, 0.05) is 21.7 Å². The molecule has 8 heteroatoms. The Kier molecular flexibility index (Phi) is 4.43. The highest BCUT2D eigenvalue weighted by molar-refractivity contribution is 6.30. The third-order valence-corrected chi connectivity index (χ3v) is 5.98. The number of hydrogen-bond acceptors (Lipinski definition) is 6. The van der Waals surface area contributed by atoms with Gasteiger partial charge in [-0.1, -0.05) is 34.5 Å². The van der Waals surface area contributed by atoms with Gasteiger partial charge in [0.1, 0.15) is 5.75 Å². The summed E-state index contributed by atoms with van der Waals surface area (Å²) in [4.78, 5) is 16.7. The van der Waals surface area contributed by atoms with Crippen molar-refractivity contribution in [3.05, 3.63) is 59.1 Å². The van der Waals surface area contributed by atoms with Crippen LogP contribution in [0, 0.1) is 6.92 Å². The predicted octanol–water partition coefficient (Wildman–Crippen LogP) is 3.98. The van der Waals surface area contributed by atoms with E-state index < -0.39 is 0 Å². The molecule has 0 aliphatic heterocycles. The van der Waals surface area contributed by atoms with Gasteiger partial charge in [0.2, 0.25) is 5.82 Å². The Balaban J connectivity index is 1.11. The van der Waals surface area contributed by atoms with E-state index in [0.717, 1.165) is 30.4 Å². The van der Waals surface area contributed by atoms with Gasteiger partial charge in [-0.25, -0.2) is 0 Å². The number of halogens is 1. The Morgan fingerprint density at radius 3 is 2.50 bits per heavy atom. The third kappa shape index (κ3) is 3.61. The molecular weight excluding hydrogens is 404 g/mol. The van der Waals surface area contributed by atoms with E-state index in [0.29, 0.717) is 22.6 Å². The zero-order valence-electron chi connectivity index (χ0n) is 16.4. The highest BCUT2D eigenvalue weighted by atomic mass is 35.5. The van der Waals surface area contributed by atoms with Gasteiger partial charge in [-0.2, -0.15) is 4.98 Å². The van der Waals surface area contributed by atoms with Crippen molar-refractivity contribution in [3.63, 3.8) is 0 Å². The molecule has 30 heavy (non-hydrogen) atoms. The summed E-state index contributed by atoms with van der Waals surface area (Å²) in [5.41, 5.74) is 1.75. The number of nitrogens with zero attached hydrogens (tertiary/aromatic N) is 2. The molecular formula is C22H21ClN4O3. The maximum absolute atomic E-state index is 12.3. The van der Waals surface area contributed by atoms with Crippen LogP contribution in [0.25, 0.3) is 11.4 Å². The van der Waals surface area contributed by atoms with Crippen molar-refractivity contribution in [3.8, 4) is 17.1 Å². The lowest BCUT2D eigenvalue weighted by atomic mass is 9.44.